The summed E-state index contributed by atoms with van der Waals surface area (Å²) in [4.78, 5) is 23.3. The van der Waals surface area contributed by atoms with Crippen LogP contribution in [0.1, 0.15) is 38.3 Å². The number of hydrogen-bond donors (Lipinski definition) is 2. The third kappa shape index (κ3) is 4.12. The smallest absolute Gasteiger partial charge is 0.335 e. The number of carbonyl (C=O) groups is 2. The lowest BCUT2D eigenvalue weighted by atomic mass is 10.0. The Bertz CT molecular complexity index is 802. The number of ether oxygens (including phenoxy) is 1. The van der Waals surface area contributed by atoms with Crippen molar-refractivity contribution in [1.29, 1.82) is 0 Å². The van der Waals surface area contributed by atoms with Crippen molar-refractivity contribution in [2.45, 2.75) is 19.3 Å². The van der Waals surface area contributed by atoms with Crippen LogP contribution in [0, 0.1) is 0 Å². The summed E-state index contributed by atoms with van der Waals surface area (Å²) in [5.74, 6) is -0.549. The molecule has 0 atom stereocenters. The molecular formula is C19H18ClNO4. The maximum atomic E-state index is 12.5. The molecule has 0 fully saturated rings. The number of rotatable bonds is 5. The van der Waals surface area contributed by atoms with Crippen LogP contribution in [0.2, 0.25) is 5.02 Å². The SMILES string of the molecule is O=C(O)c1ccc(CCNC(=O)c2cc(Cl)cc3c2OCCC3)cc1. The number of carboxylic acids is 1. The second kappa shape index (κ2) is 7.57. The van der Waals surface area contributed by atoms with E-state index in [1.165, 1.54) is 0 Å². The second-order valence-corrected chi connectivity index (χ2v) is 6.34. The highest BCUT2D eigenvalue weighted by molar-refractivity contribution is 6.31. The van der Waals surface area contributed by atoms with Gasteiger partial charge in [-0.1, -0.05) is 23.7 Å². The molecule has 0 bridgehead atoms. The first-order valence-corrected chi connectivity index (χ1v) is 8.48. The highest BCUT2D eigenvalue weighted by Crippen LogP contribution is 2.32. The van der Waals surface area contributed by atoms with Gasteiger partial charge in [-0.2, -0.15) is 0 Å². The Labute approximate surface area is 150 Å². The Morgan fingerprint density at radius 2 is 1.96 bits per heavy atom. The molecule has 2 aromatic rings. The highest BCUT2D eigenvalue weighted by atomic mass is 35.5. The number of carboxylic acid groups (broad SMARTS) is 1. The molecule has 1 heterocycles. The number of aromatic carboxylic acids is 1. The summed E-state index contributed by atoms with van der Waals surface area (Å²) < 4.78 is 5.66. The number of hydrogen-bond acceptors (Lipinski definition) is 3. The van der Waals surface area contributed by atoms with Crippen molar-refractivity contribution in [3.05, 3.63) is 63.7 Å². The van der Waals surface area contributed by atoms with Gasteiger partial charge in [-0.25, -0.2) is 4.79 Å². The van der Waals surface area contributed by atoms with Crippen LogP contribution in [-0.4, -0.2) is 30.1 Å². The third-order valence-electron chi connectivity index (χ3n) is 4.11. The molecule has 1 aliphatic rings. The summed E-state index contributed by atoms with van der Waals surface area (Å²) in [6.07, 6.45) is 2.38. The van der Waals surface area contributed by atoms with Crippen LogP contribution in [-0.2, 0) is 12.8 Å². The van der Waals surface area contributed by atoms with Gasteiger partial charge in [-0.15, -0.1) is 0 Å². The van der Waals surface area contributed by atoms with E-state index in [2.05, 4.69) is 5.32 Å². The molecule has 0 saturated heterocycles. The minimum Gasteiger partial charge on any atom is -0.492 e. The summed E-state index contributed by atoms with van der Waals surface area (Å²) in [6, 6.07) is 10.1. The molecule has 0 aliphatic carbocycles. The third-order valence-corrected chi connectivity index (χ3v) is 4.33. The summed E-state index contributed by atoms with van der Waals surface area (Å²) in [5, 5.41) is 12.3. The molecule has 130 valence electrons. The average molecular weight is 360 g/mol. The lowest BCUT2D eigenvalue weighted by Crippen LogP contribution is -2.27. The minimum absolute atomic E-state index is 0.220. The zero-order valence-corrected chi connectivity index (χ0v) is 14.3. The van der Waals surface area contributed by atoms with E-state index in [1.54, 1.807) is 30.3 Å². The van der Waals surface area contributed by atoms with Crippen LogP contribution in [0.15, 0.2) is 36.4 Å². The molecule has 0 spiro atoms. The fraction of sp³-hybridized carbons (Fsp3) is 0.263. The van der Waals surface area contributed by atoms with Crippen LogP contribution in [0.4, 0.5) is 0 Å². The molecule has 0 aromatic heterocycles. The topological polar surface area (TPSA) is 75.6 Å². The maximum Gasteiger partial charge on any atom is 0.335 e. The number of amides is 1. The molecular weight excluding hydrogens is 342 g/mol. The fourth-order valence-corrected chi connectivity index (χ4v) is 3.08. The predicted molar refractivity (Wildman–Crippen MR) is 94.7 cm³/mol. The van der Waals surface area contributed by atoms with Crippen molar-refractivity contribution in [1.82, 2.24) is 5.32 Å². The second-order valence-electron chi connectivity index (χ2n) is 5.90. The molecule has 1 amide bonds. The van der Waals surface area contributed by atoms with Gasteiger partial charge >= 0.3 is 5.97 Å². The van der Waals surface area contributed by atoms with Crippen LogP contribution in [0.3, 0.4) is 0 Å². The molecule has 2 aromatic carbocycles. The van der Waals surface area contributed by atoms with Crippen LogP contribution in [0.25, 0.3) is 0 Å². The van der Waals surface area contributed by atoms with E-state index in [0.29, 0.717) is 35.9 Å². The molecule has 0 radical (unpaired) electrons. The van der Waals surface area contributed by atoms with Gasteiger partial charge in [0, 0.05) is 11.6 Å². The molecule has 1 aliphatic heterocycles. The van der Waals surface area contributed by atoms with E-state index < -0.39 is 5.97 Å². The van der Waals surface area contributed by atoms with E-state index in [9.17, 15) is 9.59 Å². The van der Waals surface area contributed by atoms with Crippen molar-refractivity contribution >= 4 is 23.5 Å². The lowest BCUT2D eigenvalue weighted by Gasteiger charge is -2.20. The van der Waals surface area contributed by atoms with Gasteiger partial charge in [0.05, 0.1) is 17.7 Å². The minimum atomic E-state index is -0.953. The van der Waals surface area contributed by atoms with Crippen LogP contribution < -0.4 is 10.1 Å². The Morgan fingerprint density at radius 1 is 1.20 bits per heavy atom. The molecule has 25 heavy (non-hydrogen) atoms. The van der Waals surface area contributed by atoms with Gasteiger partial charge in [0.15, 0.2) is 0 Å². The number of nitrogens with one attached hydrogen (secondary N) is 1. The van der Waals surface area contributed by atoms with Crippen molar-refractivity contribution < 1.29 is 19.4 Å². The van der Waals surface area contributed by atoms with Crippen LogP contribution >= 0.6 is 11.6 Å². The standard InChI is InChI=1S/C19H18ClNO4/c20-15-10-14-2-1-9-25-17(14)16(11-15)18(22)21-8-7-12-3-5-13(6-4-12)19(23)24/h3-6,10-11H,1-2,7-9H2,(H,21,22)(H,23,24). The maximum absolute atomic E-state index is 12.5. The predicted octanol–water partition coefficient (Wildman–Crippen LogP) is 3.34. The van der Waals surface area contributed by atoms with Gasteiger partial charge in [0.1, 0.15) is 5.75 Å². The average Bonchev–Trinajstić information content (AvgIpc) is 2.61. The van der Waals surface area contributed by atoms with Gasteiger partial charge < -0.3 is 15.2 Å². The summed E-state index contributed by atoms with van der Waals surface area (Å²) in [6.45, 7) is 1.04. The summed E-state index contributed by atoms with van der Waals surface area (Å²) >= 11 is 6.11. The number of aryl methyl sites for hydroxylation is 1. The normalized spacial score (nSPS) is 12.8. The van der Waals surface area contributed by atoms with E-state index in [-0.39, 0.29) is 11.5 Å². The fourth-order valence-electron chi connectivity index (χ4n) is 2.84. The molecule has 2 N–H and O–H groups in total. The van der Waals surface area contributed by atoms with E-state index in [1.807, 2.05) is 6.07 Å². The van der Waals surface area contributed by atoms with E-state index >= 15 is 0 Å². The van der Waals surface area contributed by atoms with Gasteiger partial charge in [-0.05, 0) is 54.7 Å². The monoisotopic (exact) mass is 359 g/mol. The number of halogens is 1. The zero-order chi connectivity index (χ0) is 17.8. The number of benzene rings is 2. The molecule has 0 unspecified atom stereocenters. The van der Waals surface area contributed by atoms with E-state index in [0.717, 1.165) is 24.0 Å². The highest BCUT2D eigenvalue weighted by Gasteiger charge is 2.20. The van der Waals surface area contributed by atoms with Crippen molar-refractivity contribution in [3.8, 4) is 5.75 Å². The van der Waals surface area contributed by atoms with E-state index in [4.69, 9.17) is 21.4 Å². The molecule has 0 saturated carbocycles. The molecule has 6 heteroatoms. The zero-order valence-electron chi connectivity index (χ0n) is 13.5. The van der Waals surface area contributed by atoms with Gasteiger partial charge in [0.2, 0.25) is 0 Å². The van der Waals surface area contributed by atoms with Crippen molar-refractivity contribution in [2.75, 3.05) is 13.2 Å². The summed E-state index contributed by atoms with van der Waals surface area (Å²) in [7, 11) is 0. The van der Waals surface area contributed by atoms with Gasteiger partial charge in [-0.3, -0.25) is 4.79 Å². The Morgan fingerprint density at radius 3 is 2.68 bits per heavy atom. The Kier molecular flexibility index (Phi) is 5.24. The molecule has 5 nitrogen and oxygen atoms in total. The Balaban J connectivity index is 1.63. The first-order valence-electron chi connectivity index (χ1n) is 8.10. The summed E-state index contributed by atoms with van der Waals surface area (Å²) in [5.41, 5.74) is 2.63. The van der Waals surface area contributed by atoms with Gasteiger partial charge in [0.25, 0.3) is 5.91 Å². The quantitative estimate of drug-likeness (QED) is 0.858. The Hall–Kier alpha value is -2.53. The first-order chi connectivity index (χ1) is 12.0. The van der Waals surface area contributed by atoms with Crippen LogP contribution in [0.5, 0.6) is 5.75 Å². The number of carbonyl (C=O) groups excluding carboxylic acids is 1. The number of fused-ring (bicyclic) bond motifs is 1. The largest absolute Gasteiger partial charge is 0.492 e. The lowest BCUT2D eigenvalue weighted by molar-refractivity contribution is 0.0696. The van der Waals surface area contributed by atoms with Crippen molar-refractivity contribution in [2.24, 2.45) is 0 Å². The van der Waals surface area contributed by atoms with Crippen molar-refractivity contribution in [3.63, 3.8) is 0 Å². The first kappa shape index (κ1) is 17.3. The molecule has 3 rings (SSSR count).